The molecule has 0 unspecified atom stereocenters. The molecular weight excluding hydrogens is 465 g/mol. The Balaban J connectivity index is 1.64. The number of amides is 1. The molecule has 0 bridgehead atoms. The van der Waals surface area contributed by atoms with Gasteiger partial charge >= 0.3 is 0 Å². The van der Waals surface area contributed by atoms with E-state index in [-0.39, 0.29) is 29.5 Å². The van der Waals surface area contributed by atoms with Crippen LogP contribution < -0.4 is 10.1 Å². The Morgan fingerprint density at radius 3 is 2.54 bits per heavy atom. The number of nitrogens with one attached hydrogen (secondary N) is 1. The molecule has 1 N–H and O–H groups in total. The molecule has 1 amide bonds. The molecule has 7 heteroatoms. The third-order valence-electron chi connectivity index (χ3n) is 6.37. The monoisotopic (exact) mass is 497 g/mol. The molecule has 1 aromatic heterocycles. The van der Waals surface area contributed by atoms with E-state index >= 15 is 0 Å². The Morgan fingerprint density at radius 2 is 1.89 bits per heavy atom. The van der Waals surface area contributed by atoms with Gasteiger partial charge in [-0.1, -0.05) is 11.6 Å². The van der Waals surface area contributed by atoms with Gasteiger partial charge in [-0.3, -0.25) is 4.79 Å². The topological polar surface area (TPSA) is 54.5 Å². The Morgan fingerprint density at radius 1 is 1.14 bits per heavy atom. The van der Waals surface area contributed by atoms with Crippen LogP contribution in [0.3, 0.4) is 0 Å². The summed E-state index contributed by atoms with van der Waals surface area (Å²) in [7, 11) is 0. The maximum atomic E-state index is 13.8. The number of halogens is 2. The van der Waals surface area contributed by atoms with Crippen molar-refractivity contribution in [1.29, 1.82) is 0 Å². The summed E-state index contributed by atoms with van der Waals surface area (Å²) >= 11 is 6.05. The highest BCUT2D eigenvalue weighted by molar-refractivity contribution is 6.31. The molecule has 0 atom stereocenters. The number of carbonyl (C=O) groups excluding carboxylic acids is 1. The van der Waals surface area contributed by atoms with Crippen molar-refractivity contribution in [3.05, 3.63) is 58.9 Å². The zero-order valence-corrected chi connectivity index (χ0v) is 21.5. The summed E-state index contributed by atoms with van der Waals surface area (Å²) in [6.45, 7) is 10.4. The molecule has 1 aliphatic rings. The van der Waals surface area contributed by atoms with E-state index in [2.05, 4.69) is 24.1 Å². The number of carbonyl (C=O) groups is 1. The molecule has 1 fully saturated rings. The summed E-state index contributed by atoms with van der Waals surface area (Å²) in [5, 5.41) is 3.85. The number of fused-ring (bicyclic) bond motifs is 1. The normalized spacial score (nSPS) is 15.2. The first-order valence-electron chi connectivity index (χ1n) is 12.3. The fourth-order valence-corrected chi connectivity index (χ4v) is 4.73. The molecule has 0 saturated carbocycles. The molecule has 4 rings (SSSR count). The molecule has 2 aromatic carbocycles. The fraction of sp³-hybridized carbons (Fsp3) is 0.429. The van der Waals surface area contributed by atoms with Gasteiger partial charge in [0.15, 0.2) is 0 Å². The minimum Gasteiger partial charge on any atom is -0.490 e. The third kappa shape index (κ3) is 6.30. The van der Waals surface area contributed by atoms with Crippen molar-refractivity contribution < 1.29 is 13.9 Å². The lowest BCUT2D eigenvalue weighted by Gasteiger charge is -2.34. The minimum absolute atomic E-state index is 0.0224. The Bertz CT molecular complexity index is 1210. The molecule has 0 spiro atoms. The first-order valence-corrected chi connectivity index (χ1v) is 12.7. The van der Waals surface area contributed by atoms with Crippen molar-refractivity contribution in [3.8, 4) is 17.0 Å². The molecule has 35 heavy (non-hydrogen) atoms. The van der Waals surface area contributed by atoms with E-state index in [0.29, 0.717) is 17.3 Å². The summed E-state index contributed by atoms with van der Waals surface area (Å²) in [6, 6.07) is 12.9. The van der Waals surface area contributed by atoms with E-state index in [4.69, 9.17) is 21.3 Å². The Labute approximate surface area is 211 Å². The highest BCUT2D eigenvalue weighted by atomic mass is 35.5. The van der Waals surface area contributed by atoms with Gasteiger partial charge in [-0.05, 0) is 88.6 Å². The number of benzene rings is 2. The maximum absolute atomic E-state index is 13.8. The number of rotatable bonds is 7. The van der Waals surface area contributed by atoms with Crippen LogP contribution in [0.2, 0.25) is 5.02 Å². The third-order valence-corrected chi connectivity index (χ3v) is 6.66. The first kappa shape index (κ1) is 25.4. The van der Waals surface area contributed by atoms with Crippen LogP contribution in [0.15, 0.2) is 42.5 Å². The van der Waals surface area contributed by atoms with Crippen LogP contribution in [0, 0.1) is 5.82 Å². The molecule has 1 aliphatic heterocycles. The average molecular weight is 498 g/mol. The summed E-state index contributed by atoms with van der Waals surface area (Å²) < 4.78 is 20.1. The second-order valence-corrected chi connectivity index (χ2v) is 10.2. The van der Waals surface area contributed by atoms with Crippen LogP contribution in [-0.2, 0) is 11.2 Å². The largest absolute Gasteiger partial charge is 0.490 e. The Kier molecular flexibility index (Phi) is 7.92. The van der Waals surface area contributed by atoms with Crippen molar-refractivity contribution >= 4 is 28.4 Å². The van der Waals surface area contributed by atoms with Gasteiger partial charge in [0.05, 0.1) is 22.7 Å². The predicted octanol–water partition coefficient (Wildman–Crippen LogP) is 6.01. The number of ether oxygens (including phenoxy) is 1. The van der Waals surface area contributed by atoms with Crippen LogP contribution in [0.1, 0.15) is 46.1 Å². The zero-order valence-electron chi connectivity index (χ0n) is 20.8. The molecule has 1 saturated heterocycles. The highest BCUT2D eigenvalue weighted by Crippen LogP contribution is 2.31. The van der Waals surface area contributed by atoms with Crippen molar-refractivity contribution in [2.45, 2.75) is 65.1 Å². The van der Waals surface area contributed by atoms with Gasteiger partial charge in [-0.15, -0.1) is 0 Å². The smallest absolute Gasteiger partial charge is 0.224 e. The predicted molar refractivity (Wildman–Crippen MR) is 139 cm³/mol. The molecule has 0 radical (unpaired) electrons. The maximum Gasteiger partial charge on any atom is 0.224 e. The molecule has 2 heterocycles. The summed E-state index contributed by atoms with van der Waals surface area (Å²) in [4.78, 5) is 19.9. The van der Waals surface area contributed by atoms with Crippen LogP contribution in [0.5, 0.6) is 5.75 Å². The second kappa shape index (κ2) is 10.9. The van der Waals surface area contributed by atoms with E-state index in [0.717, 1.165) is 48.1 Å². The van der Waals surface area contributed by atoms with Gasteiger partial charge in [-0.2, -0.15) is 0 Å². The number of piperidine rings is 1. The SMILES string of the molecule is CC(C)NC(=O)Cc1cc2cc(OC3CCN(C(C)C)CC3)ccc2nc1-c1ccc(F)c(Cl)c1. The summed E-state index contributed by atoms with van der Waals surface area (Å²) in [5.74, 6) is 0.216. The lowest BCUT2D eigenvalue weighted by molar-refractivity contribution is -0.120. The molecule has 186 valence electrons. The van der Waals surface area contributed by atoms with Crippen LogP contribution >= 0.6 is 11.6 Å². The minimum atomic E-state index is -0.490. The van der Waals surface area contributed by atoms with Gasteiger partial charge in [0.25, 0.3) is 0 Å². The highest BCUT2D eigenvalue weighted by Gasteiger charge is 2.22. The van der Waals surface area contributed by atoms with Crippen LogP contribution in [-0.4, -0.2) is 47.1 Å². The van der Waals surface area contributed by atoms with Gasteiger partial charge in [0.2, 0.25) is 5.91 Å². The molecule has 3 aromatic rings. The van der Waals surface area contributed by atoms with Gasteiger partial charge in [0, 0.05) is 36.1 Å². The number of hydrogen-bond donors (Lipinski definition) is 1. The van der Waals surface area contributed by atoms with E-state index in [1.54, 1.807) is 12.1 Å². The fourth-order valence-electron chi connectivity index (χ4n) is 4.55. The summed E-state index contributed by atoms with van der Waals surface area (Å²) in [6.07, 6.45) is 2.34. The lowest BCUT2D eigenvalue weighted by atomic mass is 10.00. The van der Waals surface area contributed by atoms with E-state index in [1.165, 1.54) is 6.07 Å². The lowest BCUT2D eigenvalue weighted by Crippen LogP contribution is -2.41. The van der Waals surface area contributed by atoms with Crippen molar-refractivity contribution in [3.63, 3.8) is 0 Å². The van der Waals surface area contributed by atoms with E-state index < -0.39 is 5.82 Å². The zero-order chi connectivity index (χ0) is 25.1. The number of hydrogen-bond acceptors (Lipinski definition) is 4. The number of likely N-dealkylation sites (tertiary alicyclic amines) is 1. The average Bonchev–Trinajstić information content (AvgIpc) is 2.80. The van der Waals surface area contributed by atoms with Gasteiger partial charge < -0.3 is 15.0 Å². The first-order chi connectivity index (χ1) is 16.7. The number of nitrogens with zero attached hydrogens (tertiary/aromatic N) is 2. The van der Waals surface area contributed by atoms with Crippen molar-refractivity contribution in [2.24, 2.45) is 0 Å². The quantitative estimate of drug-likeness (QED) is 0.434. The van der Waals surface area contributed by atoms with Gasteiger partial charge in [-0.25, -0.2) is 9.37 Å². The van der Waals surface area contributed by atoms with Crippen LogP contribution in [0.4, 0.5) is 4.39 Å². The molecule has 5 nitrogen and oxygen atoms in total. The van der Waals surface area contributed by atoms with Crippen molar-refractivity contribution in [2.75, 3.05) is 13.1 Å². The van der Waals surface area contributed by atoms with E-state index in [1.807, 2.05) is 38.1 Å². The second-order valence-electron chi connectivity index (χ2n) is 9.83. The summed E-state index contributed by atoms with van der Waals surface area (Å²) in [5.41, 5.74) is 2.81. The van der Waals surface area contributed by atoms with Crippen LogP contribution in [0.25, 0.3) is 22.2 Å². The number of aromatic nitrogens is 1. The Hall–Kier alpha value is -2.70. The number of pyridine rings is 1. The van der Waals surface area contributed by atoms with Crippen molar-refractivity contribution in [1.82, 2.24) is 15.2 Å². The van der Waals surface area contributed by atoms with E-state index in [9.17, 15) is 9.18 Å². The molecule has 0 aliphatic carbocycles. The molecular formula is C28H33ClFN3O2. The standard InChI is InChI=1S/C28H33ClFN3O2/c1-17(2)31-27(34)16-21-13-20-14-23(35-22-9-11-33(12-10-22)18(3)4)6-8-26(20)32-28(21)19-5-7-25(30)24(29)15-19/h5-8,13-15,17-18,22H,9-12,16H2,1-4H3,(H,31,34). The van der Waals surface area contributed by atoms with Gasteiger partial charge in [0.1, 0.15) is 17.7 Å².